The summed E-state index contributed by atoms with van der Waals surface area (Å²) < 4.78 is 1.92. The molecule has 0 aliphatic heterocycles. The molecule has 0 aromatic carbocycles. The van der Waals surface area contributed by atoms with Gasteiger partial charge < -0.3 is 0 Å². The van der Waals surface area contributed by atoms with Crippen LogP contribution in [0.1, 0.15) is 6.04 Å². The number of rotatable bonds is 1. The molecule has 2 rings (SSSR count). The van der Waals surface area contributed by atoms with Gasteiger partial charge in [-0.1, -0.05) is 24.3 Å². The fourth-order valence-electron chi connectivity index (χ4n) is 1.05. The average Bonchev–Trinajstić information content (AvgIpc) is 2.59. The van der Waals surface area contributed by atoms with Crippen molar-refractivity contribution in [1.82, 2.24) is 9.78 Å². The molecule has 0 amide bonds. The Morgan fingerprint density at radius 3 is 2.60 bits per heavy atom. The largest absolute Gasteiger partial charge is 0.262 e. The lowest BCUT2D eigenvalue weighted by molar-refractivity contribution is 0.633. The molecule has 0 saturated heterocycles. The lowest BCUT2D eigenvalue weighted by atomic mass is 10.3. The van der Waals surface area contributed by atoms with Gasteiger partial charge in [0.1, 0.15) is 0 Å². The van der Waals surface area contributed by atoms with Crippen molar-refractivity contribution in [1.29, 1.82) is 0 Å². The zero-order valence-electron chi connectivity index (χ0n) is 5.51. The van der Waals surface area contributed by atoms with Crippen LogP contribution in [-0.2, 0) is 0 Å². The molecule has 0 saturated carbocycles. The molecule has 0 fully saturated rings. The quantitative estimate of drug-likeness (QED) is 0.567. The lowest BCUT2D eigenvalue weighted by Crippen LogP contribution is -2.01. The Morgan fingerprint density at radius 2 is 2.00 bits per heavy atom. The van der Waals surface area contributed by atoms with Gasteiger partial charge in [0.05, 0.1) is 6.04 Å². The molecule has 0 atom stereocenters. The summed E-state index contributed by atoms with van der Waals surface area (Å²) in [5, 5.41) is 4.11. The van der Waals surface area contributed by atoms with Crippen LogP contribution in [0.15, 0.2) is 42.8 Å². The average molecular weight is 132 g/mol. The van der Waals surface area contributed by atoms with E-state index in [1.54, 1.807) is 6.20 Å². The van der Waals surface area contributed by atoms with E-state index in [9.17, 15) is 0 Å². The Hall–Kier alpha value is -1.31. The third-order valence-electron chi connectivity index (χ3n) is 1.56. The Labute approximate surface area is 59.5 Å². The highest BCUT2D eigenvalue weighted by molar-refractivity contribution is 5.19. The van der Waals surface area contributed by atoms with Gasteiger partial charge in [0.25, 0.3) is 0 Å². The Bertz CT molecular complexity index is 245. The van der Waals surface area contributed by atoms with Crippen molar-refractivity contribution in [2.45, 2.75) is 6.04 Å². The van der Waals surface area contributed by atoms with E-state index in [0.29, 0.717) is 6.04 Å². The second-order valence-electron chi connectivity index (χ2n) is 2.25. The van der Waals surface area contributed by atoms with Crippen molar-refractivity contribution in [3.05, 3.63) is 42.8 Å². The molecule has 1 aromatic rings. The topological polar surface area (TPSA) is 17.8 Å². The summed E-state index contributed by atoms with van der Waals surface area (Å²) in [6.45, 7) is 0. The van der Waals surface area contributed by atoms with E-state index in [0.717, 1.165) is 0 Å². The highest BCUT2D eigenvalue weighted by Crippen LogP contribution is 2.13. The molecule has 50 valence electrons. The number of hydrogen-bond acceptors (Lipinski definition) is 1. The van der Waals surface area contributed by atoms with E-state index in [2.05, 4.69) is 17.3 Å². The van der Waals surface area contributed by atoms with Crippen molar-refractivity contribution >= 4 is 0 Å². The van der Waals surface area contributed by atoms with Crippen LogP contribution in [0, 0.1) is 0 Å². The van der Waals surface area contributed by atoms with E-state index in [-0.39, 0.29) is 0 Å². The van der Waals surface area contributed by atoms with Crippen LogP contribution in [0.3, 0.4) is 0 Å². The summed E-state index contributed by atoms with van der Waals surface area (Å²) >= 11 is 0. The predicted octanol–water partition coefficient (Wildman–Crippen LogP) is 1.55. The van der Waals surface area contributed by atoms with Crippen molar-refractivity contribution in [2.24, 2.45) is 0 Å². The van der Waals surface area contributed by atoms with Gasteiger partial charge in [-0.2, -0.15) is 5.10 Å². The van der Waals surface area contributed by atoms with Gasteiger partial charge in [-0.15, -0.1) is 0 Å². The molecule has 0 N–H and O–H groups in total. The summed E-state index contributed by atoms with van der Waals surface area (Å²) in [6.07, 6.45) is 12.0. The minimum absolute atomic E-state index is 0.343. The molecule has 0 radical (unpaired) electrons. The van der Waals surface area contributed by atoms with Gasteiger partial charge in [0.15, 0.2) is 0 Å². The standard InChI is InChI=1S/C8H8N2/c1-2-5-8(4-1)10-7-3-6-9-10/h1-8H. The Kier molecular flexibility index (Phi) is 1.17. The number of hydrogen-bond donors (Lipinski definition) is 0. The Balaban J connectivity index is 2.29. The van der Waals surface area contributed by atoms with E-state index < -0.39 is 0 Å². The van der Waals surface area contributed by atoms with Crippen LogP contribution < -0.4 is 0 Å². The van der Waals surface area contributed by atoms with Crippen LogP contribution in [0.25, 0.3) is 0 Å². The van der Waals surface area contributed by atoms with Crippen molar-refractivity contribution in [3.63, 3.8) is 0 Å². The van der Waals surface area contributed by atoms with E-state index in [4.69, 9.17) is 0 Å². The van der Waals surface area contributed by atoms with E-state index in [1.807, 2.05) is 29.1 Å². The SMILES string of the molecule is C1=CC(n2cccn2)C=C1. The van der Waals surface area contributed by atoms with Gasteiger partial charge in [-0.25, -0.2) is 0 Å². The third kappa shape index (κ3) is 0.778. The lowest BCUT2D eigenvalue weighted by Gasteiger charge is -2.03. The van der Waals surface area contributed by atoms with Gasteiger partial charge >= 0.3 is 0 Å². The van der Waals surface area contributed by atoms with Crippen molar-refractivity contribution < 1.29 is 0 Å². The maximum atomic E-state index is 4.11. The minimum Gasteiger partial charge on any atom is -0.262 e. The molecule has 0 spiro atoms. The number of allylic oxidation sites excluding steroid dienone is 4. The summed E-state index contributed by atoms with van der Waals surface area (Å²) in [5.74, 6) is 0. The predicted molar refractivity (Wildman–Crippen MR) is 39.5 cm³/mol. The molecule has 2 heteroatoms. The molecule has 2 nitrogen and oxygen atoms in total. The molecule has 0 bridgehead atoms. The first-order valence-electron chi connectivity index (χ1n) is 3.31. The van der Waals surface area contributed by atoms with Crippen LogP contribution in [0.5, 0.6) is 0 Å². The summed E-state index contributed by atoms with van der Waals surface area (Å²) in [7, 11) is 0. The smallest absolute Gasteiger partial charge is 0.0886 e. The zero-order valence-corrected chi connectivity index (χ0v) is 5.51. The molecule has 10 heavy (non-hydrogen) atoms. The van der Waals surface area contributed by atoms with Gasteiger partial charge in [-0.05, 0) is 6.07 Å². The van der Waals surface area contributed by atoms with Crippen LogP contribution in [0.2, 0.25) is 0 Å². The first kappa shape index (κ1) is 5.47. The fraction of sp³-hybridized carbons (Fsp3) is 0.125. The fourth-order valence-corrected chi connectivity index (χ4v) is 1.05. The van der Waals surface area contributed by atoms with Crippen LogP contribution in [-0.4, -0.2) is 9.78 Å². The van der Waals surface area contributed by atoms with Crippen molar-refractivity contribution in [2.75, 3.05) is 0 Å². The first-order chi connectivity index (χ1) is 4.97. The minimum atomic E-state index is 0.343. The zero-order chi connectivity index (χ0) is 6.81. The third-order valence-corrected chi connectivity index (χ3v) is 1.56. The number of aromatic nitrogens is 2. The highest BCUT2D eigenvalue weighted by Gasteiger charge is 2.03. The summed E-state index contributed by atoms with van der Waals surface area (Å²) in [4.78, 5) is 0. The molecule has 1 heterocycles. The number of nitrogens with zero attached hydrogens (tertiary/aromatic N) is 2. The van der Waals surface area contributed by atoms with E-state index in [1.165, 1.54) is 0 Å². The highest BCUT2D eigenvalue weighted by atomic mass is 15.3. The monoisotopic (exact) mass is 132 g/mol. The first-order valence-corrected chi connectivity index (χ1v) is 3.31. The van der Waals surface area contributed by atoms with Gasteiger partial charge in [0.2, 0.25) is 0 Å². The maximum Gasteiger partial charge on any atom is 0.0886 e. The molecular formula is C8H8N2. The van der Waals surface area contributed by atoms with E-state index >= 15 is 0 Å². The normalized spacial score (nSPS) is 16.8. The second kappa shape index (κ2) is 2.14. The second-order valence-corrected chi connectivity index (χ2v) is 2.25. The van der Waals surface area contributed by atoms with Gasteiger partial charge in [0, 0.05) is 12.4 Å². The maximum absolute atomic E-state index is 4.11. The molecule has 0 unspecified atom stereocenters. The molecular weight excluding hydrogens is 124 g/mol. The van der Waals surface area contributed by atoms with Gasteiger partial charge in [-0.3, -0.25) is 4.68 Å². The molecule has 1 aliphatic carbocycles. The summed E-state index contributed by atoms with van der Waals surface area (Å²) in [5.41, 5.74) is 0. The van der Waals surface area contributed by atoms with Crippen molar-refractivity contribution in [3.8, 4) is 0 Å². The molecule has 1 aliphatic rings. The molecule has 1 aromatic heterocycles. The summed E-state index contributed by atoms with van der Waals surface area (Å²) in [6, 6.07) is 2.27. The van der Waals surface area contributed by atoms with Crippen LogP contribution in [0.4, 0.5) is 0 Å². The Morgan fingerprint density at radius 1 is 1.20 bits per heavy atom. The van der Waals surface area contributed by atoms with Crippen LogP contribution >= 0.6 is 0 Å².